The number of aryl methyl sites for hydroxylation is 1. The zero-order valence-electron chi connectivity index (χ0n) is 11.2. The SMILES string of the molecule is Cc1nc(CN(C)Cc2cc(F)ccc2CN)cs1. The number of nitrogens with zero attached hydrogens (tertiary/aromatic N) is 2. The standard InChI is InChI=1S/C14H18FN3S/c1-10-17-14(9-19-10)8-18(2)7-12-5-13(15)4-3-11(12)6-16/h3-5,9H,6-8,16H2,1-2H3. The van der Waals surface area contributed by atoms with Crippen LogP contribution in [0.15, 0.2) is 23.6 Å². The van der Waals surface area contributed by atoms with Crippen LogP contribution in [0.5, 0.6) is 0 Å². The molecule has 0 saturated carbocycles. The fourth-order valence-corrected chi connectivity index (χ4v) is 2.65. The summed E-state index contributed by atoms with van der Waals surface area (Å²) in [5, 5.41) is 3.12. The molecule has 2 rings (SSSR count). The van der Waals surface area contributed by atoms with E-state index in [-0.39, 0.29) is 5.82 Å². The minimum absolute atomic E-state index is 0.217. The summed E-state index contributed by atoms with van der Waals surface area (Å²) in [5.74, 6) is -0.217. The molecule has 0 aliphatic carbocycles. The number of benzene rings is 1. The second-order valence-corrected chi connectivity index (χ2v) is 5.71. The van der Waals surface area contributed by atoms with Gasteiger partial charge in [0.05, 0.1) is 10.7 Å². The molecule has 0 aliphatic heterocycles. The average Bonchev–Trinajstić information content (AvgIpc) is 2.75. The Morgan fingerprint density at radius 2 is 2.11 bits per heavy atom. The van der Waals surface area contributed by atoms with Crippen LogP contribution >= 0.6 is 11.3 Å². The molecule has 0 fully saturated rings. The van der Waals surface area contributed by atoms with Crippen molar-refractivity contribution in [1.29, 1.82) is 0 Å². The Labute approximate surface area is 116 Å². The normalized spacial score (nSPS) is 11.2. The lowest BCUT2D eigenvalue weighted by molar-refractivity contribution is 0.314. The molecule has 0 saturated heterocycles. The van der Waals surface area contributed by atoms with Gasteiger partial charge >= 0.3 is 0 Å². The van der Waals surface area contributed by atoms with Gasteiger partial charge < -0.3 is 5.73 Å². The van der Waals surface area contributed by atoms with E-state index in [1.807, 2.05) is 14.0 Å². The van der Waals surface area contributed by atoms with Crippen LogP contribution in [0.1, 0.15) is 21.8 Å². The molecule has 0 aliphatic rings. The molecule has 1 heterocycles. The molecular formula is C14H18FN3S. The van der Waals surface area contributed by atoms with Gasteiger partial charge in [0, 0.05) is 25.0 Å². The van der Waals surface area contributed by atoms with Crippen LogP contribution in [-0.4, -0.2) is 16.9 Å². The van der Waals surface area contributed by atoms with Crippen molar-refractivity contribution in [2.24, 2.45) is 5.73 Å². The fraction of sp³-hybridized carbons (Fsp3) is 0.357. The highest BCUT2D eigenvalue weighted by Crippen LogP contribution is 2.15. The van der Waals surface area contributed by atoms with Gasteiger partial charge in [-0.3, -0.25) is 4.90 Å². The molecule has 3 nitrogen and oxygen atoms in total. The van der Waals surface area contributed by atoms with E-state index in [1.54, 1.807) is 23.5 Å². The maximum Gasteiger partial charge on any atom is 0.123 e. The van der Waals surface area contributed by atoms with Crippen molar-refractivity contribution < 1.29 is 4.39 Å². The van der Waals surface area contributed by atoms with Crippen molar-refractivity contribution in [3.8, 4) is 0 Å². The Hall–Kier alpha value is -1.30. The van der Waals surface area contributed by atoms with Gasteiger partial charge in [-0.05, 0) is 37.2 Å². The molecule has 2 aromatic rings. The molecule has 0 bridgehead atoms. The third-order valence-electron chi connectivity index (χ3n) is 2.93. The summed E-state index contributed by atoms with van der Waals surface area (Å²) < 4.78 is 13.3. The molecule has 19 heavy (non-hydrogen) atoms. The largest absolute Gasteiger partial charge is 0.326 e. The predicted molar refractivity (Wildman–Crippen MR) is 76.3 cm³/mol. The number of thiazole rings is 1. The molecule has 0 radical (unpaired) electrons. The number of nitrogens with two attached hydrogens (primary N) is 1. The third-order valence-corrected chi connectivity index (χ3v) is 3.75. The summed E-state index contributed by atoms with van der Waals surface area (Å²) in [6.07, 6.45) is 0. The second kappa shape index (κ2) is 6.23. The summed E-state index contributed by atoms with van der Waals surface area (Å²) in [5.41, 5.74) is 8.66. The van der Waals surface area contributed by atoms with Crippen LogP contribution in [0.4, 0.5) is 4.39 Å². The maximum atomic E-state index is 13.3. The van der Waals surface area contributed by atoms with Crippen LogP contribution in [0.3, 0.4) is 0 Å². The zero-order chi connectivity index (χ0) is 13.8. The molecule has 2 N–H and O–H groups in total. The molecule has 0 spiro atoms. The van der Waals surface area contributed by atoms with E-state index in [1.165, 1.54) is 6.07 Å². The first kappa shape index (κ1) is 14.1. The van der Waals surface area contributed by atoms with E-state index < -0.39 is 0 Å². The van der Waals surface area contributed by atoms with E-state index in [2.05, 4.69) is 15.3 Å². The van der Waals surface area contributed by atoms with Crippen molar-refractivity contribution >= 4 is 11.3 Å². The summed E-state index contributed by atoms with van der Waals surface area (Å²) in [4.78, 5) is 6.54. The minimum Gasteiger partial charge on any atom is -0.326 e. The van der Waals surface area contributed by atoms with Gasteiger partial charge in [-0.25, -0.2) is 9.37 Å². The van der Waals surface area contributed by atoms with E-state index in [4.69, 9.17) is 5.73 Å². The smallest absolute Gasteiger partial charge is 0.123 e. The fourth-order valence-electron chi connectivity index (χ4n) is 2.04. The topological polar surface area (TPSA) is 42.2 Å². The van der Waals surface area contributed by atoms with Crippen LogP contribution in [0.25, 0.3) is 0 Å². The van der Waals surface area contributed by atoms with Gasteiger partial charge in [-0.2, -0.15) is 0 Å². The van der Waals surface area contributed by atoms with E-state index in [0.717, 1.165) is 28.4 Å². The Balaban J connectivity index is 2.05. The molecule has 5 heteroatoms. The second-order valence-electron chi connectivity index (χ2n) is 4.65. The van der Waals surface area contributed by atoms with Crippen molar-refractivity contribution in [3.05, 3.63) is 51.2 Å². The molecule has 0 amide bonds. The summed E-state index contributed by atoms with van der Waals surface area (Å²) >= 11 is 1.65. The average molecular weight is 279 g/mol. The molecule has 1 aromatic heterocycles. The number of rotatable bonds is 5. The van der Waals surface area contributed by atoms with Gasteiger partial charge in [0.25, 0.3) is 0 Å². The summed E-state index contributed by atoms with van der Waals surface area (Å²) in [6, 6.07) is 4.77. The Bertz CT molecular complexity index is 553. The van der Waals surface area contributed by atoms with Gasteiger partial charge in [0.2, 0.25) is 0 Å². The number of hydrogen-bond acceptors (Lipinski definition) is 4. The Kier molecular flexibility index (Phi) is 4.63. The lowest BCUT2D eigenvalue weighted by Crippen LogP contribution is -2.19. The van der Waals surface area contributed by atoms with E-state index in [9.17, 15) is 4.39 Å². The van der Waals surface area contributed by atoms with Gasteiger partial charge in [-0.15, -0.1) is 11.3 Å². The first-order chi connectivity index (χ1) is 9.08. The highest BCUT2D eigenvalue weighted by atomic mass is 32.1. The van der Waals surface area contributed by atoms with Crippen LogP contribution in [0.2, 0.25) is 0 Å². The van der Waals surface area contributed by atoms with E-state index >= 15 is 0 Å². The van der Waals surface area contributed by atoms with Crippen molar-refractivity contribution in [2.75, 3.05) is 7.05 Å². The monoisotopic (exact) mass is 279 g/mol. The number of aromatic nitrogens is 1. The van der Waals surface area contributed by atoms with Gasteiger partial charge in [-0.1, -0.05) is 6.07 Å². The van der Waals surface area contributed by atoms with Gasteiger partial charge in [0.1, 0.15) is 5.82 Å². The number of hydrogen-bond donors (Lipinski definition) is 1. The van der Waals surface area contributed by atoms with Crippen molar-refractivity contribution in [1.82, 2.24) is 9.88 Å². The molecule has 0 unspecified atom stereocenters. The highest BCUT2D eigenvalue weighted by molar-refractivity contribution is 7.09. The first-order valence-electron chi connectivity index (χ1n) is 6.15. The number of halogens is 1. The quantitative estimate of drug-likeness (QED) is 0.915. The van der Waals surface area contributed by atoms with E-state index in [0.29, 0.717) is 13.1 Å². The van der Waals surface area contributed by atoms with Crippen molar-refractivity contribution in [2.45, 2.75) is 26.6 Å². The lowest BCUT2D eigenvalue weighted by atomic mass is 10.1. The molecule has 1 aromatic carbocycles. The molecule has 0 atom stereocenters. The highest BCUT2D eigenvalue weighted by Gasteiger charge is 2.08. The van der Waals surface area contributed by atoms with Gasteiger partial charge in [0.15, 0.2) is 0 Å². The third kappa shape index (κ3) is 3.83. The van der Waals surface area contributed by atoms with Crippen molar-refractivity contribution in [3.63, 3.8) is 0 Å². The molecule has 102 valence electrons. The predicted octanol–water partition coefficient (Wildman–Crippen LogP) is 2.68. The summed E-state index contributed by atoms with van der Waals surface area (Å²) in [7, 11) is 2.00. The van der Waals surface area contributed by atoms with Crippen LogP contribution < -0.4 is 5.73 Å². The summed E-state index contributed by atoms with van der Waals surface area (Å²) in [6.45, 7) is 3.85. The first-order valence-corrected chi connectivity index (χ1v) is 7.03. The Morgan fingerprint density at radius 1 is 1.32 bits per heavy atom. The Morgan fingerprint density at radius 3 is 2.74 bits per heavy atom. The molecular weight excluding hydrogens is 261 g/mol. The zero-order valence-corrected chi connectivity index (χ0v) is 12.0. The minimum atomic E-state index is -0.217. The maximum absolute atomic E-state index is 13.3. The van der Waals surface area contributed by atoms with Crippen LogP contribution in [-0.2, 0) is 19.6 Å². The lowest BCUT2D eigenvalue weighted by Gasteiger charge is -2.17. The van der Waals surface area contributed by atoms with Crippen LogP contribution in [0, 0.1) is 12.7 Å².